The zero-order valence-electron chi connectivity index (χ0n) is 12.5. The SMILES string of the molecule is O=C1OC(/C=C\c2ccccc2)=NC/1=C/c1cccc([N+](=O)[O-])c1. The van der Waals surface area contributed by atoms with E-state index in [9.17, 15) is 14.9 Å². The summed E-state index contributed by atoms with van der Waals surface area (Å²) in [5.41, 5.74) is 1.51. The Morgan fingerprint density at radius 3 is 2.50 bits per heavy atom. The Kier molecular flexibility index (Phi) is 4.29. The van der Waals surface area contributed by atoms with Crippen LogP contribution in [-0.2, 0) is 9.53 Å². The summed E-state index contributed by atoms with van der Waals surface area (Å²) >= 11 is 0. The van der Waals surface area contributed by atoms with E-state index in [0.717, 1.165) is 5.56 Å². The molecule has 0 amide bonds. The number of hydrogen-bond acceptors (Lipinski definition) is 5. The van der Waals surface area contributed by atoms with Crippen LogP contribution in [0.15, 0.2) is 71.4 Å². The summed E-state index contributed by atoms with van der Waals surface area (Å²) in [7, 11) is 0. The van der Waals surface area contributed by atoms with Crippen LogP contribution in [0.3, 0.4) is 0 Å². The van der Waals surface area contributed by atoms with Gasteiger partial charge < -0.3 is 4.74 Å². The number of non-ortho nitro benzene ring substituents is 1. The number of esters is 1. The summed E-state index contributed by atoms with van der Waals surface area (Å²) in [4.78, 5) is 26.2. The van der Waals surface area contributed by atoms with Crippen LogP contribution in [0, 0.1) is 10.1 Å². The van der Waals surface area contributed by atoms with Gasteiger partial charge >= 0.3 is 5.97 Å². The van der Waals surface area contributed by atoms with Gasteiger partial charge in [0.1, 0.15) is 0 Å². The zero-order valence-corrected chi connectivity index (χ0v) is 12.5. The summed E-state index contributed by atoms with van der Waals surface area (Å²) in [6.07, 6.45) is 4.84. The molecular formula is C18H12N2O4. The minimum Gasteiger partial charge on any atom is -0.403 e. The molecule has 6 nitrogen and oxygen atoms in total. The molecule has 0 saturated carbocycles. The van der Waals surface area contributed by atoms with Crippen LogP contribution in [0.2, 0.25) is 0 Å². The smallest absolute Gasteiger partial charge is 0.363 e. The molecule has 0 radical (unpaired) electrons. The van der Waals surface area contributed by atoms with Crippen molar-refractivity contribution >= 4 is 29.7 Å². The third-order valence-electron chi connectivity index (χ3n) is 3.24. The molecule has 1 heterocycles. The van der Waals surface area contributed by atoms with Gasteiger partial charge in [0.25, 0.3) is 5.69 Å². The minimum absolute atomic E-state index is 0.0520. The number of carbonyl (C=O) groups is 1. The lowest BCUT2D eigenvalue weighted by molar-refractivity contribution is -0.384. The first-order valence-corrected chi connectivity index (χ1v) is 7.12. The highest BCUT2D eigenvalue weighted by molar-refractivity contribution is 6.11. The minimum atomic E-state index is -0.589. The Morgan fingerprint density at radius 2 is 1.75 bits per heavy atom. The maximum Gasteiger partial charge on any atom is 0.363 e. The number of nitrogens with zero attached hydrogens (tertiary/aromatic N) is 2. The van der Waals surface area contributed by atoms with Crippen molar-refractivity contribution in [3.8, 4) is 0 Å². The van der Waals surface area contributed by atoms with Crippen molar-refractivity contribution in [2.24, 2.45) is 4.99 Å². The van der Waals surface area contributed by atoms with Gasteiger partial charge in [-0.3, -0.25) is 10.1 Å². The van der Waals surface area contributed by atoms with Crippen LogP contribution in [-0.4, -0.2) is 16.8 Å². The average Bonchev–Trinajstić information content (AvgIpc) is 2.94. The van der Waals surface area contributed by atoms with Gasteiger partial charge in [-0.2, -0.15) is 0 Å². The van der Waals surface area contributed by atoms with Crippen LogP contribution < -0.4 is 0 Å². The van der Waals surface area contributed by atoms with Gasteiger partial charge in [0, 0.05) is 18.2 Å². The number of nitro groups is 1. The fraction of sp³-hybridized carbons (Fsp3) is 0. The van der Waals surface area contributed by atoms with Crippen LogP contribution in [0.5, 0.6) is 0 Å². The molecule has 0 unspecified atom stereocenters. The number of carbonyl (C=O) groups excluding carboxylic acids is 1. The molecule has 0 N–H and O–H groups in total. The topological polar surface area (TPSA) is 81.8 Å². The summed E-state index contributed by atoms with van der Waals surface area (Å²) in [5, 5.41) is 10.8. The van der Waals surface area contributed by atoms with Crippen molar-refractivity contribution in [1.82, 2.24) is 0 Å². The maximum atomic E-state index is 11.8. The van der Waals surface area contributed by atoms with E-state index in [2.05, 4.69) is 4.99 Å². The van der Waals surface area contributed by atoms with Gasteiger partial charge in [-0.25, -0.2) is 9.79 Å². The largest absolute Gasteiger partial charge is 0.403 e. The van der Waals surface area contributed by atoms with E-state index in [1.54, 1.807) is 24.3 Å². The first-order chi connectivity index (χ1) is 11.6. The van der Waals surface area contributed by atoms with E-state index in [-0.39, 0.29) is 17.3 Å². The molecule has 0 aliphatic carbocycles. The predicted molar refractivity (Wildman–Crippen MR) is 90.1 cm³/mol. The number of cyclic esters (lactones) is 1. The summed E-state index contributed by atoms with van der Waals surface area (Å²) in [5.74, 6) is -0.408. The van der Waals surface area contributed by atoms with E-state index < -0.39 is 10.9 Å². The van der Waals surface area contributed by atoms with Gasteiger partial charge in [-0.1, -0.05) is 42.5 Å². The van der Waals surface area contributed by atoms with Crippen molar-refractivity contribution in [1.29, 1.82) is 0 Å². The summed E-state index contributed by atoms with van der Waals surface area (Å²) in [6.45, 7) is 0. The molecule has 2 aromatic rings. The lowest BCUT2D eigenvalue weighted by Gasteiger charge is -1.95. The highest BCUT2D eigenvalue weighted by atomic mass is 16.6. The van der Waals surface area contributed by atoms with E-state index in [1.165, 1.54) is 18.2 Å². The van der Waals surface area contributed by atoms with E-state index in [4.69, 9.17) is 4.74 Å². The van der Waals surface area contributed by atoms with Gasteiger partial charge in [0.15, 0.2) is 5.70 Å². The summed E-state index contributed by atoms with van der Waals surface area (Å²) in [6, 6.07) is 15.5. The number of nitro benzene ring substituents is 1. The van der Waals surface area contributed by atoms with E-state index in [0.29, 0.717) is 5.56 Å². The molecule has 0 aromatic heterocycles. The van der Waals surface area contributed by atoms with Crippen molar-refractivity contribution < 1.29 is 14.5 Å². The third kappa shape index (κ3) is 3.61. The molecule has 0 saturated heterocycles. The third-order valence-corrected chi connectivity index (χ3v) is 3.24. The van der Waals surface area contributed by atoms with Gasteiger partial charge in [0.2, 0.25) is 5.90 Å². The van der Waals surface area contributed by atoms with Crippen LogP contribution in [0.1, 0.15) is 11.1 Å². The van der Waals surface area contributed by atoms with Crippen molar-refractivity contribution in [2.45, 2.75) is 0 Å². The first kappa shape index (κ1) is 15.4. The predicted octanol–water partition coefficient (Wildman–Crippen LogP) is 3.60. The second-order valence-corrected chi connectivity index (χ2v) is 4.97. The molecule has 1 aliphatic rings. The monoisotopic (exact) mass is 320 g/mol. The first-order valence-electron chi connectivity index (χ1n) is 7.12. The van der Waals surface area contributed by atoms with Crippen LogP contribution in [0.25, 0.3) is 12.2 Å². The fourth-order valence-electron chi connectivity index (χ4n) is 2.11. The van der Waals surface area contributed by atoms with E-state index >= 15 is 0 Å². The number of ether oxygens (including phenoxy) is 1. The molecule has 0 fully saturated rings. The van der Waals surface area contributed by atoms with Crippen molar-refractivity contribution in [3.63, 3.8) is 0 Å². The van der Waals surface area contributed by atoms with Crippen LogP contribution >= 0.6 is 0 Å². The van der Waals surface area contributed by atoms with Gasteiger partial charge in [0.05, 0.1) is 4.92 Å². The number of rotatable bonds is 4. The molecule has 1 aliphatic heterocycles. The maximum absolute atomic E-state index is 11.8. The Hall–Kier alpha value is -3.54. The average molecular weight is 320 g/mol. The van der Waals surface area contributed by atoms with Crippen molar-refractivity contribution in [2.75, 3.05) is 0 Å². The second-order valence-electron chi connectivity index (χ2n) is 4.97. The zero-order chi connectivity index (χ0) is 16.9. The highest BCUT2D eigenvalue weighted by Crippen LogP contribution is 2.19. The van der Waals surface area contributed by atoms with E-state index in [1.807, 2.05) is 30.3 Å². The molecule has 2 aromatic carbocycles. The van der Waals surface area contributed by atoms with Crippen LogP contribution in [0.4, 0.5) is 5.69 Å². The second kappa shape index (κ2) is 6.70. The molecular weight excluding hydrogens is 308 g/mol. The Morgan fingerprint density at radius 1 is 1.00 bits per heavy atom. The lowest BCUT2D eigenvalue weighted by atomic mass is 10.2. The highest BCUT2D eigenvalue weighted by Gasteiger charge is 2.21. The molecule has 3 rings (SSSR count). The standard InChI is InChI=1S/C18H12N2O4/c21-18-16(12-14-7-4-8-15(11-14)20(22)23)19-17(24-18)10-9-13-5-2-1-3-6-13/h1-12H/b10-9-,16-12+. The number of aliphatic imine (C=N–C) groups is 1. The lowest BCUT2D eigenvalue weighted by Crippen LogP contribution is -2.01. The fourth-order valence-corrected chi connectivity index (χ4v) is 2.11. The Bertz CT molecular complexity index is 883. The molecule has 24 heavy (non-hydrogen) atoms. The normalized spacial score (nSPS) is 15.6. The quantitative estimate of drug-likeness (QED) is 0.373. The Balaban J connectivity index is 1.82. The molecule has 118 valence electrons. The van der Waals surface area contributed by atoms with Crippen molar-refractivity contribution in [3.05, 3.63) is 87.6 Å². The van der Waals surface area contributed by atoms with Gasteiger partial charge in [-0.05, 0) is 23.3 Å². The molecule has 0 atom stereocenters. The summed E-state index contributed by atoms with van der Waals surface area (Å²) < 4.78 is 5.07. The van der Waals surface area contributed by atoms with Gasteiger partial charge in [-0.15, -0.1) is 0 Å². The molecule has 6 heteroatoms. The molecule has 0 spiro atoms. The number of hydrogen-bond donors (Lipinski definition) is 0. The Labute approximate surface area is 137 Å². The molecule has 0 bridgehead atoms. The number of benzene rings is 2.